The first kappa shape index (κ1) is 76.7. The van der Waals surface area contributed by atoms with Crippen molar-refractivity contribution in [1.82, 2.24) is 50.0 Å². The van der Waals surface area contributed by atoms with E-state index in [4.69, 9.17) is 52.1 Å². The van der Waals surface area contributed by atoms with Gasteiger partial charge in [-0.15, -0.1) is 22.7 Å². The second-order valence-electron chi connectivity index (χ2n) is 28.2. The third-order valence-electron chi connectivity index (χ3n) is 21.3. The Morgan fingerprint density at radius 2 is 0.920 bits per heavy atom. The number of esters is 2. The van der Waals surface area contributed by atoms with E-state index in [2.05, 4.69) is 30.4 Å². The summed E-state index contributed by atoms with van der Waals surface area (Å²) < 4.78 is 50.8. The molecule has 0 saturated carbocycles. The van der Waals surface area contributed by atoms with Crippen LogP contribution in [0, 0.1) is 17.6 Å². The van der Waals surface area contributed by atoms with E-state index >= 15 is 0 Å². The Balaban J connectivity index is 0.000000177. The van der Waals surface area contributed by atoms with E-state index in [0.717, 1.165) is 50.1 Å². The summed E-state index contributed by atoms with van der Waals surface area (Å²) in [7, 11) is 2.61. The van der Waals surface area contributed by atoms with Crippen LogP contribution in [0.3, 0.4) is 0 Å². The first-order valence-corrected chi connectivity index (χ1v) is 39.5. The lowest BCUT2D eigenvalue weighted by Crippen LogP contribution is -2.53. The Morgan fingerprint density at radius 1 is 0.518 bits per heavy atom. The normalized spacial score (nSPS) is 20.3. The molecule has 2 aromatic heterocycles. The maximum absolute atomic E-state index is 14.1. The Morgan fingerprint density at radius 3 is 1.29 bits per heavy atom. The van der Waals surface area contributed by atoms with Crippen LogP contribution in [0.2, 0.25) is 10.0 Å². The number of methoxy groups -OCH3 is 2. The van der Waals surface area contributed by atoms with Gasteiger partial charge in [0, 0.05) is 176 Å². The van der Waals surface area contributed by atoms with Gasteiger partial charge in [-0.05, 0) is 159 Å². The molecule has 0 unspecified atom stereocenters. The van der Waals surface area contributed by atoms with Gasteiger partial charge in [-0.1, -0.05) is 35.3 Å². The Kier molecular flexibility index (Phi) is 23.4. The number of thiazole rings is 2. The van der Waals surface area contributed by atoms with Crippen molar-refractivity contribution in [2.45, 2.75) is 56.3 Å². The lowest BCUT2D eigenvalue weighted by atomic mass is 9.95. The number of ether oxygens (including phenoxy) is 4. The number of carbonyl (C=O) groups excluding carboxylic acids is 6. The lowest BCUT2D eigenvalue weighted by Gasteiger charge is -2.38. The van der Waals surface area contributed by atoms with Gasteiger partial charge in [0.1, 0.15) is 46.7 Å². The van der Waals surface area contributed by atoms with Crippen molar-refractivity contribution in [1.29, 1.82) is 0 Å². The molecule has 4 atom stereocenters. The number of aliphatic hydroxyl groups excluding tert-OH is 1. The summed E-state index contributed by atoms with van der Waals surface area (Å²) in [5.41, 5.74) is 5.34. The standard InChI is InChI=1S/C41H41ClFN7O6S.C40H39ClFN7O5S/c1-55-40(53)35-34(45-37(38-44-14-19-57-38)46-36(35)32-11-4-27(43)20-33(32)42)23-47-17-18-49-29(21-47)22-50(41(49)54)28-5-9-31(10-6-28)56-30-7-2-26(3-8-30)39(52)48-15-12-25(24-51)13-16-48;1-53-39(51)34-33(44-36(37-43-15-20-55-37)45-35(34)31-14-7-26(42)21-32(31)41)24-46-18-19-48-28(22-46)23-49(40(48)52)27-8-12-30(13-9-27)54-29-10-5-25(6-11-29)38(50)47-16-3-2-4-17-47/h2-11,14,19-20,25,29,36,51H,12-13,15-18,21-24H2,1H3,(H,45,46);5-15,20-21,28,35H,2-4,16-19,22-24H2,1H3,(H,44,45)/t29-,36-;28-,35-/m00/s1. The van der Waals surface area contributed by atoms with Gasteiger partial charge < -0.3 is 54.3 Å². The number of piperidine rings is 2. The highest BCUT2D eigenvalue weighted by atomic mass is 35.5. The molecule has 0 radical (unpaired) electrons. The fourth-order valence-corrected chi connectivity index (χ4v) is 17.1. The van der Waals surface area contributed by atoms with Crippen molar-refractivity contribution in [2.24, 2.45) is 15.9 Å². The van der Waals surface area contributed by atoms with Crippen LogP contribution in [-0.2, 0) is 19.1 Å². The number of aromatic nitrogens is 2. The van der Waals surface area contributed by atoms with Crippen LogP contribution >= 0.6 is 45.9 Å². The van der Waals surface area contributed by atoms with Gasteiger partial charge >= 0.3 is 24.0 Å². The molecule has 25 nitrogen and oxygen atoms in total. The number of nitrogens with zero attached hydrogens (tertiary/aromatic N) is 12. The van der Waals surface area contributed by atoms with Crippen LogP contribution in [0.25, 0.3) is 0 Å². The second-order valence-corrected chi connectivity index (χ2v) is 30.9. The minimum Gasteiger partial charge on any atom is -0.466 e. The quantitative estimate of drug-likeness (QED) is 0.0636. The largest absolute Gasteiger partial charge is 0.466 e. The third kappa shape index (κ3) is 16.8. The number of aliphatic hydroxyl groups is 1. The van der Waals surface area contributed by atoms with Crippen molar-refractivity contribution in [2.75, 3.05) is 122 Å². The maximum atomic E-state index is 14.1. The number of piperazine rings is 2. The minimum absolute atomic E-state index is 0.0261. The highest BCUT2D eigenvalue weighted by Gasteiger charge is 2.45. The zero-order valence-corrected chi connectivity index (χ0v) is 64.4. The second kappa shape index (κ2) is 34.1. The number of likely N-dealkylation sites (tertiary alicyclic amines) is 2. The van der Waals surface area contributed by atoms with E-state index < -0.39 is 35.7 Å². The smallest absolute Gasteiger partial charge is 0.338 e. The molecule has 8 aromatic rings. The summed E-state index contributed by atoms with van der Waals surface area (Å²) in [4.78, 5) is 114. The van der Waals surface area contributed by atoms with Crippen molar-refractivity contribution in [3.05, 3.63) is 233 Å². The Labute approximate surface area is 662 Å². The van der Waals surface area contributed by atoms with Crippen LogP contribution < -0.4 is 29.9 Å². The molecule has 8 aliphatic heterocycles. The van der Waals surface area contributed by atoms with Crippen LogP contribution in [-0.4, -0.2) is 216 Å². The van der Waals surface area contributed by atoms with Gasteiger partial charge in [-0.3, -0.25) is 39.2 Å². The van der Waals surface area contributed by atoms with Gasteiger partial charge in [0.25, 0.3) is 11.8 Å². The molecule has 16 rings (SSSR count). The topological polar surface area (TPSA) is 260 Å². The molecule has 6 aromatic carbocycles. The van der Waals surface area contributed by atoms with Crippen molar-refractivity contribution >= 4 is 105 Å². The number of aliphatic imine (C=N–C) groups is 2. The lowest BCUT2D eigenvalue weighted by molar-refractivity contribution is -0.137. The molecule has 6 saturated heterocycles. The Bertz CT molecular complexity index is 4950. The fourth-order valence-electron chi connectivity index (χ4n) is 15.4. The van der Waals surface area contributed by atoms with Crippen LogP contribution in [0.5, 0.6) is 23.0 Å². The number of hydrogen-bond donors (Lipinski definition) is 3. The molecule has 3 N–H and O–H groups in total. The van der Waals surface area contributed by atoms with E-state index in [0.29, 0.717) is 157 Å². The van der Waals surface area contributed by atoms with Gasteiger partial charge in [-0.2, -0.15) is 0 Å². The van der Waals surface area contributed by atoms with Gasteiger partial charge in [-0.25, -0.2) is 37.9 Å². The number of halogens is 4. The SMILES string of the molecule is COC(=O)C1=C(CN2CCN3C(=O)N(c4ccc(Oc5ccc(C(=O)N6CCC(CO)CC6)cc5)cc4)C[C@@H]3C2)NC(c2nccs2)=N[C@H]1c1ccc(F)cc1Cl.COC(=O)C1=C(CN2CCN3C(=O)N(c4ccc(Oc5ccc(C(=O)N6CCCCC6)cc5)cc4)C[C@@H]3C2)NC(c2nccs2)=N[C@H]1c1ccc(F)cc1Cl. The van der Waals surface area contributed by atoms with Crippen molar-refractivity contribution in [3.8, 4) is 23.0 Å². The van der Waals surface area contributed by atoms with Crippen LogP contribution in [0.4, 0.5) is 29.7 Å². The first-order valence-electron chi connectivity index (χ1n) is 37.0. The highest BCUT2D eigenvalue weighted by Crippen LogP contribution is 2.41. The number of urea groups is 2. The molecule has 0 aliphatic carbocycles. The average Bonchev–Trinajstić information content (AvgIpc) is 1.48. The fraction of sp³-hybridized carbons (Fsp3) is 0.333. The van der Waals surface area contributed by atoms with Crippen LogP contribution in [0.1, 0.15) is 86.0 Å². The van der Waals surface area contributed by atoms with Crippen molar-refractivity contribution < 1.29 is 61.6 Å². The molecule has 580 valence electrons. The zero-order valence-electron chi connectivity index (χ0n) is 61.3. The summed E-state index contributed by atoms with van der Waals surface area (Å²) in [6, 6.07) is 35.0. The summed E-state index contributed by atoms with van der Waals surface area (Å²) in [5, 5.41) is 21.3. The number of rotatable bonds is 19. The number of anilines is 2. The van der Waals surface area contributed by atoms with E-state index in [1.807, 2.05) is 78.9 Å². The predicted octanol–water partition coefficient (Wildman–Crippen LogP) is 12.2. The zero-order chi connectivity index (χ0) is 77.7. The van der Waals surface area contributed by atoms with Gasteiger partial charge in [0.15, 0.2) is 21.7 Å². The molecular weight excluding hydrogens is 1520 g/mol. The third-order valence-corrected chi connectivity index (χ3v) is 23.5. The van der Waals surface area contributed by atoms with Gasteiger partial charge in [0.2, 0.25) is 0 Å². The minimum atomic E-state index is -0.868. The number of amides is 6. The number of benzene rings is 6. The molecular formula is C81H80Cl2F2N14O11S2. The van der Waals surface area contributed by atoms with E-state index in [1.54, 1.807) is 70.7 Å². The summed E-state index contributed by atoms with van der Waals surface area (Å²) in [6.45, 7) is 7.87. The monoisotopic (exact) mass is 1600 g/mol. The molecule has 8 aliphatic rings. The number of nitrogens with one attached hydrogen (secondary N) is 2. The molecule has 6 amide bonds. The highest BCUT2D eigenvalue weighted by molar-refractivity contribution is 7.12. The van der Waals surface area contributed by atoms with E-state index in [1.165, 1.54) is 79.7 Å². The summed E-state index contributed by atoms with van der Waals surface area (Å²) in [5.74, 6) is 1.46. The maximum Gasteiger partial charge on any atom is 0.338 e. The molecule has 112 heavy (non-hydrogen) atoms. The Hall–Kier alpha value is -10.7. The van der Waals surface area contributed by atoms with E-state index in [9.17, 15) is 42.7 Å². The number of hydrogen-bond acceptors (Lipinski definition) is 21. The van der Waals surface area contributed by atoms with Gasteiger partial charge in [0.05, 0.1) is 37.4 Å². The number of carbonyl (C=O) groups is 6. The van der Waals surface area contributed by atoms with E-state index in [-0.39, 0.29) is 69.7 Å². The molecule has 6 fully saturated rings. The first-order chi connectivity index (χ1) is 54.4. The van der Waals surface area contributed by atoms with Crippen LogP contribution in [0.15, 0.2) is 189 Å². The van der Waals surface area contributed by atoms with Crippen molar-refractivity contribution in [3.63, 3.8) is 0 Å². The molecule has 10 heterocycles. The summed E-state index contributed by atoms with van der Waals surface area (Å²) >= 11 is 15.8. The number of fused-ring (bicyclic) bond motifs is 2. The molecule has 0 spiro atoms. The molecule has 31 heteroatoms. The predicted molar refractivity (Wildman–Crippen MR) is 421 cm³/mol. The summed E-state index contributed by atoms with van der Waals surface area (Å²) in [6.07, 6.45) is 8.20. The average molecular weight is 1600 g/mol. The number of amidine groups is 2. The molecule has 0 bridgehead atoms.